The smallest absolute Gasteiger partial charge is 0.329 e. The van der Waals surface area contributed by atoms with Gasteiger partial charge in [-0.05, 0) is 66.6 Å². The molecule has 3 amide bonds. The first-order chi connectivity index (χ1) is 18.9. The number of nitrogens with zero attached hydrogens (tertiary/aromatic N) is 1. The van der Waals surface area contributed by atoms with E-state index in [2.05, 4.69) is 21.2 Å². The lowest BCUT2D eigenvalue weighted by Crippen LogP contribution is -2.32. The minimum absolute atomic E-state index is 0.249. The van der Waals surface area contributed by atoms with Crippen molar-refractivity contribution in [1.29, 1.82) is 0 Å². The Labute approximate surface area is 226 Å². The highest BCUT2D eigenvalue weighted by Crippen LogP contribution is 2.27. The first-order valence-electron chi connectivity index (χ1n) is 12.0. The summed E-state index contributed by atoms with van der Waals surface area (Å²) in [6, 6.07) is 18.5. The zero-order valence-corrected chi connectivity index (χ0v) is 21.9. The van der Waals surface area contributed by atoms with Crippen LogP contribution in [0.5, 0.6) is 23.0 Å². The van der Waals surface area contributed by atoms with Crippen LogP contribution in [0.3, 0.4) is 0 Å². The standard InChI is InChI=1S/C28H30N4O7/c1-4-14-38-22-11-9-20(10-12-22)31-27(34)28(35)32-29-17-19-8-13-24(25(15-19)37-3)39-18-26(33)30-21-6-5-7-23(16-21)36-2/h5-13,15-17H,4,14,18H2,1-3H3,(H,30,33)(H,31,34)(H,32,35)/b29-17-. The highest BCUT2D eigenvalue weighted by Gasteiger charge is 2.13. The minimum atomic E-state index is -0.938. The quantitative estimate of drug-likeness (QED) is 0.183. The summed E-state index contributed by atoms with van der Waals surface area (Å²) in [6.07, 6.45) is 2.22. The van der Waals surface area contributed by atoms with Crippen molar-refractivity contribution in [3.05, 3.63) is 72.3 Å². The van der Waals surface area contributed by atoms with Crippen LogP contribution in [0.1, 0.15) is 18.9 Å². The van der Waals surface area contributed by atoms with Crippen molar-refractivity contribution in [3.8, 4) is 23.0 Å². The van der Waals surface area contributed by atoms with Crippen LogP contribution in [0.25, 0.3) is 0 Å². The zero-order valence-electron chi connectivity index (χ0n) is 21.9. The van der Waals surface area contributed by atoms with Crippen LogP contribution in [-0.4, -0.2) is 51.4 Å². The molecule has 0 radical (unpaired) electrons. The van der Waals surface area contributed by atoms with E-state index in [9.17, 15) is 14.4 Å². The summed E-state index contributed by atoms with van der Waals surface area (Å²) < 4.78 is 21.5. The van der Waals surface area contributed by atoms with Gasteiger partial charge in [0.2, 0.25) is 0 Å². The third kappa shape index (κ3) is 9.08. The molecule has 0 bridgehead atoms. The van der Waals surface area contributed by atoms with Crippen molar-refractivity contribution < 1.29 is 33.3 Å². The number of amides is 3. The van der Waals surface area contributed by atoms with Gasteiger partial charge in [0.1, 0.15) is 11.5 Å². The normalized spacial score (nSPS) is 10.4. The molecule has 0 aliphatic rings. The molecule has 0 aliphatic carbocycles. The van der Waals surface area contributed by atoms with Crippen LogP contribution in [-0.2, 0) is 14.4 Å². The van der Waals surface area contributed by atoms with Crippen molar-refractivity contribution in [1.82, 2.24) is 5.43 Å². The van der Waals surface area contributed by atoms with Crippen LogP contribution in [0.4, 0.5) is 11.4 Å². The molecule has 3 rings (SSSR count). The maximum atomic E-state index is 12.3. The number of hydrogen-bond donors (Lipinski definition) is 3. The first-order valence-corrected chi connectivity index (χ1v) is 12.0. The molecule has 11 nitrogen and oxygen atoms in total. The van der Waals surface area contributed by atoms with E-state index >= 15 is 0 Å². The van der Waals surface area contributed by atoms with Gasteiger partial charge in [-0.1, -0.05) is 13.0 Å². The Morgan fingerprint density at radius 1 is 0.795 bits per heavy atom. The SMILES string of the molecule is CCCOc1ccc(NC(=O)C(=O)N/N=C\c2ccc(OCC(=O)Nc3cccc(OC)c3)c(OC)c2)cc1. The number of rotatable bonds is 12. The summed E-state index contributed by atoms with van der Waals surface area (Å²) >= 11 is 0. The van der Waals surface area contributed by atoms with Crippen molar-refractivity contribution >= 4 is 35.3 Å². The van der Waals surface area contributed by atoms with E-state index in [1.54, 1.807) is 73.8 Å². The molecule has 204 valence electrons. The van der Waals surface area contributed by atoms with E-state index in [-0.39, 0.29) is 12.5 Å². The lowest BCUT2D eigenvalue weighted by atomic mass is 10.2. The topological polar surface area (TPSA) is 137 Å². The molecule has 3 aromatic carbocycles. The number of anilines is 2. The van der Waals surface area contributed by atoms with Crippen LogP contribution in [0, 0.1) is 0 Å². The summed E-state index contributed by atoms with van der Waals surface area (Å²) in [7, 11) is 3.00. The largest absolute Gasteiger partial charge is 0.497 e. The second kappa shape index (κ2) is 14.6. The van der Waals surface area contributed by atoms with E-state index in [1.807, 2.05) is 6.92 Å². The fourth-order valence-corrected chi connectivity index (χ4v) is 3.18. The third-order valence-electron chi connectivity index (χ3n) is 5.07. The number of hydrogen-bond acceptors (Lipinski definition) is 8. The van der Waals surface area contributed by atoms with Crippen LogP contribution in [0.2, 0.25) is 0 Å². The fraction of sp³-hybridized carbons (Fsp3) is 0.214. The van der Waals surface area contributed by atoms with Crippen LogP contribution < -0.4 is 35.0 Å². The van der Waals surface area contributed by atoms with Gasteiger partial charge >= 0.3 is 11.8 Å². The van der Waals surface area contributed by atoms with Gasteiger partial charge in [-0.3, -0.25) is 14.4 Å². The number of methoxy groups -OCH3 is 2. The summed E-state index contributed by atoms with van der Waals surface area (Å²) in [5.74, 6) is -0.194. The monoisotopic (exact) mass is 534 g/mol. The molecule has 3 N–H and O–H groups in total. The summed E-state index contributed by atoms with van der Waals surface area (Å²) in [5, 5.41) is 9.03. The van der Waals surface area contributed by atoms with Crippen molar-refractivity contribution in [2.75, 3.05) is 38.1 Å². The molecular weight excluding hydrogens is 504 g/mol. The highest BCUT2D eigenvalue weighted by atomic mass is 16.5. The molecule has 0 aliphatic heterocycles. The number of benzene rings is 3. The Kier molecular flexibility index (Phi) is 10.7. The van der Waals surface area contributed by atoms with Crippen molar-refractivity contribution in [3.63, 3.8) is 0 Å². The molecule has 3 aromatic rings. The maximum absolute atomic E-state index is 12.3. The van der Waals surface area contributed by atoms with Crippen LogP contribution >= 0.6 is 0 Å². The fourth-order valence-electron chi connectivity index (χ4n) is 3.18. The molecule has 0 saturated carbocycles. The second-order valence-electron chi connectivity index (χ2n) is 8.01. The molecule has 0 atom stereocenters. The average Bonchev–Trinajstić information content (AvgIpc) is 2.95. The lowest BCUT2D eigenvalue weighted by molar-refractivity contribution is -0.136. The molecule has 0 saturated heterocycles. The van der Waals surface area contributed by atoms with E-state index < -0.39 is 11.8 Å². The maximum Gasteiger partial charge on any atom is 0.329 e. The number of nitrogens with one attached hydrogen (secondary N) is 3. The second-order valence-corrected chi connectivity index (χ2v) is 8.01. The number of ether oxygens (including phenoxy) is 4. The Balaban J connectivity index is 1.49. The van der Waals surface area contributed by atoms with E-state index in [1.165, 1.54) is 13.3 Å². The highest BCUT2D eigenvalue weighted by molar-refractivity contribution is 6.39. The predicted octanol–water partition coefficient (Wildman–Crippen LogP) is 3.60. The molecule has 11 heteroatoms. The predicted molar refractivity (Wildman–Crippen MR) is 147 cm³/mol. The van der Waals surface area contributed by atoms with Gasteiger partial charge in [0.05, 0.1) is 27.0 Å². The molecule has 0 heterocycles. The third-order valence-corrected chi connectivity index (χ3v) is 5.07. The van der Waals surface area contributed by atoms with Gasteiger partial charge < -0.3 is 29.6 Å². The van der Waals surface area contributed by atoms with Gasteiger partial charge in [-0.25, -0.2) is 5.43 Å². The number of hydrazone groups is 1. The average molecular weight is 535 g/mol. The molecule has 39 heavy (non-hydrogen) atoms. The number of carbonyl (C=O) groups is 3. The van der Waals surface area contributed by atoms with Gasteiger partial charge in [0, 0.05) is 17.4 Å². The Bertz CT molecular complexity index is 1310. The summed E-state index contributed by atoms with van der Waals surface area (Å²) in [6.45, 7) is 2.35. The zero-order chi connectivity index (χ0) is 28.0. The molecule has 0 unspecified atom stereocenters. The lowest BCUT2D eigenvalue weighted by Gasteiger charge is -2.12. The van der Waals surface area contributed by atoms with Gasteiger partial charge in [-0.2, -0.15) is 5.10 Å². The molecular formula is C28H30N4O7. The van der Waals surface area contributed by atoms with Gasteiger partial charge in [0.15, 0.2) is 18.1 Å². The van der Waals surface area contributed by atoms with E-state index in [0.717, 1.165) is 6.42 Å². The number of carbonyl (C=O) groups excluding carboxylic acids is 3. The molecule has 0 fully saturated rings. The van der Waals surface area contributed by atoms with Crippen molar-refractivity contribution in [2.45, 2.75) is 13.3 Å². The molecule has 0 spiro atoms. The van der Waals surface area contributed by atoms with Gasteiger partial charge in [0.25, 0.3) is 5.91 Å². The van der Waals surface area contributed by atoms with Crippen LogP contribution in [0.15, 0.2) is 71.8 Å². The Hall–Kier alpha value is -5.06. The minimum Gasteiger partial charge on any atom is -0.497 e. The summed E-state index contributed by atoms with van der Waals surface area (Å²) in [5.41, 5.74) is 3.75. The van der Waals surface area contributed by atoms with E-state index in [0.29, 0.717) is 46.5 Å². The summed E-state index contributed by atoms with van der Waals surface area (Å²) in [4.78, 5) is 36.5. The van der Waals surface area contributed by atoms with Crippen molar-refractivity contribution in [2.24, 2.45) is 5.10 Å². The van der Waals surface area contributed by atoms with E-state index in [4.69, 9.17) is 18.9 Å². The van der Waals surface area contributed by atoms with Gasteiger partial charge in [-0.15, -0.1) is 0 Å². The first kappa shape index (κ1) is 28.5. The Morgan fingerprint density at radius 2 is 1.59 bits per heavy atom. The Morgan fingerprint density at radius 3 is 2.31 bits per heavy atom. The molecule has 0 aromatic heterocycles.